The van der Waals surface area contributed by atoms with Crippen molar-refractivity contribution in [1.29, 1.82) is 0 Å². The fourth-order valence-electron chi connectivity index (χ4n) is 3.83. The van der Waals surface area contributed by atoms with Crippen molar-refractivity contribution in [2.24, 2.45) is 5.73 Å². The van der Waals surface area contributed by atoms with Crippen LogP contribution in [-0.4, -0.2) is 33.2 Å². The third-order valence-corrected chi connectivity index (χ3v) is 5.11. The van der Waals surface area contributed by atoms with Gasteiger partial charge in [0.25, 0.3) is 5.91 Å². The van der Waals surface area contributed by atoms with E-state index < -0.39 is 5.91 Å². The normalized spacial score (nSPS) is 19.0. The summed E-state index contributed by atoms with van der Waals surface area (Å²) in [7, 11) is 0. The van der Waals surface area contributed by atoms with Crippen LogP contribution < -0.4 is 5.73 Å². The maximum Gasteiger partial charge on any atom is 0.284 e. The fraction of sp³-hybridized carbons (Fsp3) is 0.600. The molecule has 1 amide bonds. The van der Waals surface area contributed by atoms with E-state index in [4.69, 9.17) is 10.2 Å². The number of likely N-dealkylation sites (tertiary alicyclic amines) is 1. The number of aryl methyl sites for hydroxylation is 1. The first-order valence-corrected chi connectivity index (χ1v) is 9.49. The van der Waals surface area contributed by atoms with Crippen LogP contribution in [0.15, 0.2) is 28.9 Å². The minimum absolute atomic E-state index is 0.163. The number of amides is 1. The lowest BCUT2D eigenvalue weighted by atomic mass is 9.89. The second-order valence-corrected chi connectivity index (χ2v) is 8.26. The summed E-state index contributed by atoms with van der Waals surface area (Å²) in [5.74, 6) is 0.619. The number of rotatable bonds is 6. The lowest BCUT2D eigenvalue weighted by Crippen LogP contribution is -2.39. The molecule has 2 N–H and O–H groups in total. The van der Waals surface area contributed by atoms with Crippen molar-refractivity contribution in [3.63, 3.8) is 0 Å². The van der Waals surface area contributed by atoms with E-state index in [9.17, 15) is 4.79 Å². The molecule has 0 aliphatic carbocycles. The molecule has 1 saturated heterocycles. The minimum atomic E-state index is -0.504. The van der Waals surface area contributed by atoms with Gasteiger partial charge in [0.1, 0.15) is 5.76 Å². The zero-order valence-electron chi connectivity index (χ0n) is 16.1. The summed E-state index contributed by atoms with van der Waals surface area (Å²) < 4.78 is 7.82. The smallest absolute Gasteiger partial charge is 0.284 e. The lowest BCUT2D eigenvalue weighted by molar-refractivity contribution is 0.0970. The average molecular weight is 358 g/mol. The molecule has 0 bridgehead atoms. The molecule has 0 spiro atoms. The average Bonchev–Trinajstić information content (AvgIpc) is 3.23. The van der Waals surface area contributed by atoms with Crippen molar-refractivity contribution >= 4 is 5.91 Å². The molecule has 6 nitrogen and oxygen atoms in total. The molecule has 1 atom stereocenters. The van der Waals surface area contributed by atoms with Crippen molar-refractivity contribution in [3.8, 4) is 0 Å². The zero-order chi connectivity index (χ0) is 18.7. The second-order valence-electron chi connectivity index (χ2n) is 8.26. The van der Waals surface area contributed by atoms with Crippen LogP contribution in [0.1, 0.15) is 68.3 Å². The highest BCUT2D eigenvalue weighted by Crippen LogP contribution is 2.31. The molecule has 0 radical (unpaired) electrons. The number of aromatic nitrogens is 2. The Bertz CT molecular complexity index is 728. The van der Waals surface area contributed by atoms with Crippen molar-refractivity contribution in [3.05, 3.63) is 41.6 Å². The molecule has 1 fully saturated rings. The molecule has 3 heterocycles. The number of carbonyl (C=O) groups excluding carboxylic acids is 1. The van der Waals surface area contributed by atoms with Gasteiger partial charge in [-0.05, 0) is 37.9 Å². The van der Waals surface area contributed by atoms with Gasteiger partial charge in [-0.2, -0.15) is 5.10 Å². The highest BCUT2D eigenvalue weighted by atomic mass is 16.4. The quantitative estimate of drug-likeness (QED) is 0.859. The molecular formula is C20H30N4O2. The molecule has 6 heteroatoms. The SMILES string of the molecule is CC(C)(C)c1oc(C(N)=O)cc1CN1CCCC[C@@H]1CCn1cccn1. The zero-order valence-corrected chi connectivity index (χ0v) is 16.1. The van der Waals surface area contributed by atoms with E-state index >= 15 is 0 Å². The Morgan fingerprint density at radius 2 is 2.19 bits per heavy atom. The van der Waals surface area contributed by atoms with Gasteiger partial charge < -0.3 is 10.2 Å². The number of nitrogens with two attached hydrogens (primary N) is 1. The van der Waals surface area contributed by atoms with Gasteiger partial charge in [-0.15, -0.1) is 0 Å². The van der Waals surface area contributed by atoms with Crippen LogP contribution in [0.2, 0.25) is 0 Å². The molecule has 26 heavy (non-hydrogen) atoms. The van der Waals surface area contributed by atoms with E-state index in [-0.39, 0.29) is 11.2 Å². The van der Waals surface area contributed by atoms with Gasteiger partial charge in [0, 0.05) is 42.5 Å². The largest absolute Gasteiger partial charge is 0.455 e. The van der Waals surface area contributed by atoms with Crippen LogP contribution in [0.4, 0.5) is 0 Å². The summed E-state index contributed by atoms with van der Waals surface area (Å²) in [4.78, 5) is 14.1. The van der Waals surface area contributed by atoms with Gasteiger partial charge in [0.05, 0.1) is 0 Å². The first kappa shape index (κ1) is 18.7. The Kier molecular flexibility index (Phi) is 5.51. The number of carbonyl (C=O) groups is 1. The second kappa shape index (κ2) is 7.66. The van der Waals surface area contributed by atoms with Crippen LogP contribution in [0.5, 0.6) is 0 Å². The van der Waals surface area contributed by atoms with E-state index in [0.29, 0.717) is 6.04 Å². The molecule has 1 aliphatic heterocycles. The molecule has 2 aromatic heterocycles. The van der Waals surface area contributed by atoms with Gasteiger partial charge >= 0.3 is 0 Å². The monoisotopic (exact) mass is 358 g/mol. The maximum absolute atomic E-state index is 11.6. The Balaban J connectivity index is 1.75. The molecule has 2 aromatic rings. The Morgan fingerprint density at radius 3 is 2.85 bits per heavy atom. The predicted octanol–water partition coefficient (Wildman–Crippen LogP) is 3.32. The number of hydrogen-bond donors (Lipinski definition) is 1. The van der Waals surface area contributed by atoms with E-state index in [1.165, 1.54) is 19.3 Å². The summed E-state index contributed by atoms with van der Waals surface area (Å²) in [5, 5.41) is 4.31. The van der Waals surface area contributed by atoms with Gasteiger partial charge in [-0.1, -0.05) is 27.2 Å². The Morgan fingerprint density at radius 1 is 1.38 bits per heavy atom. The summed E-state index contributed by atoms with van der Waals surface area (Å²) in [6.07, 6.45) is 8.60. The highest BCUT2D eigenvalue weighted by molar-refractivity contribution is 5.90. The van der Waals surface area contributed by atoms with Crippen molar-refractivity contribution < 1.29 is 9.21 Å². The van der Waals surface area contributed by atoms with Gasteiger partial charge in [-0.3, -0.25) is 14.4 Å². The van der Waals surface area contributed by atoms with Crippen LogP contribution in [-0.2, 0) is 18.5 Å². The van der Waals surface area contributed by atoms with Crippen molar-refractivity contribution in [2.45, 2.75) is 71.0 Å². The van der Waals surface area contributed by atoms with E-state index in [0.717, 1.165) is 37.4 Å². The van der Waals surface area contributed by atoms with Gasteiger partial charge in [0.2, 0.25) is 0 Å². The molecule has 142 valence electrons. The van der Waals surface area contributed by atoms with Crippen molar-refractivity contribution in [1.82, 2.24) is 14.7 Å². The predicted molar refractivity (Wildman–Crippen MR) is 101 cm³/mol. The number of furan rings is 1. The van der Waals surface area contributed by atoms with Crippen LogP contribution in [0.3, 0.4) is 0 Å². The fourth-order valence-corrected chi connectivity index (χ4v) is 3.83. The first-order valence-electron chi connectivity index (χ1n) is 9.49. The first-order chi connectivity index (χ1) is 12.3. The van der Waals surface area contributed by atoms with Crippen LogP contribution in [0, 0.1) is 0 Å². The van der Waals surface area contributed by atoms with Crippen molar-refractivity contribution in [2.75, 3.05) is 6.54 Å². The van der Waals surface area contributed by atoms with E-state index in [1.807, 2.05) is 29.2 Å². The molecule has 1 aliphatic rings. The third kappa shape index (κ3) is 4.36. The van der Waals surface area contributed by atoms with E-state index in [1.54, 1.807) is 0 Å². The standard InChI is InChI=1S/C20H30N4O2/c1-20(2,3)18-15(13-17(26-18)19(21)25)14-23-10-5-4-7-16(23)8-12-24-11-6-9-22-24/h6,9,11,13,16H,4-5,7-8,10,12,14H2,1-3H3,(H2,21,25)/t16-/m1/s1. The van der Waals surface area contributed by atoms with Gasteiger partial charge in [0.15, 0.2) is 5.76 Å². The summed E-state index contributed by atoms with van der Waals surface area (Å²) in [6, 6.07) is 4.32. The molecule has 0 unspecified atom stereocenters. The number of piperidine rings is 1. The maximum atomic E-state index is 11.6. The van der Waals surface area contributed by atoms with Crippen LogP contribution >= 0.6 is 0 Å². The lowest BCUT2D eigenvalue weighted by Gasteiger charge is -2.36. The third-order valence-electron chi connectivity index (χ3n) is 5.11. The Labute approximate surface area is 155 Å². The molecule has 0 saturated carbocycles. The summed E-state index contributed by atoms with van der Waals surface area (Å²) in [6.45, 7) is 9.11. The van der Waals surface area contributed by atoms with E-state index in [2.05, 4.69) is 30.8 Å². The highest BCUT2D eigenvalue weighted by Gasteiger charge is 2.29. The number of hydrogen-bond acceptors (Lipinski definition) is 4. The number of primary amides is 1. The molecule has 0 aromatic carbocycles. The van der Waals surface area contributed by atoms with Crippen LogP contribution in [0.25, 0.3) is 0 Å². The Hall–Kier alpha value is -2.08. The van der Waals surface area contributed by atoms with Gasteiger partial charge in [-0.25, -0.2) is 0 Å². The number of nitrogens with zero attached hydrogens (tertiary/aromatic N) is 3. The molecular weight excluding hydrogens is 328 g/mol. The molecule has 3 rings (SSSR count). The topological polar surface area (TPSA) is 77.3 Å². The minimum Gasteiger partial charge on any atom is -0.455 e. The summed E-state index contributed by atoms with van der Waals surface area (Å²) in [5.41, 5.74) is 6.36. The summed E-state index contributed by atoms with van der Waals surface area (Å²) >= 11 is 0.